The number of Topliss-reactive ketones (excluding diaryl/α,β-unsaturated/α-hetero) is 1. The lowest BCUT2D eigenvalue weighted by Gasteiger charge is -2.36. The van der Waals surface area contributed by atoms with Gasteiger partial charge < -0.3 is 14.8 Å². The van der Waals surface area contributed by atoms with E-state index in [-0.39, 0.29) is 31.8 Å². The van der Waals surface area contributed by atoms with Gasteiger partial charge in [-0.05, 0) is 19.4 Å². The molecule has 24 heavy (non-hydrogen) atoms. The van der Waals surface area contributed by atoms with Gasteiger partial charge in [0.05, 0.1) is 19.3 Å². The molecular weight excluding hydrogens is 320 g/mol. The van der Waals surface area contributed by atoms with Crippen LogP contribution < -0.4 is 5.32 Å². The van der Waals surface area contributed by atoms with Gasteiger partial charge in [0.2, 0.25) is 11.4 Å². The Morgan fingerprint density at radius 2 is 1.79 bits per heavy atom. The van der Waals surface area contributed by atoms with Gasteiger partial charge in [0.1, 0.15) is 5.78 Å². The van der Waals surface area contributed by atoms with Crippen molar-refractivity contribution in [3.05, 3.63) is 10.4 Å². The van der Waals surface area contributed by atoms with Crippen LogP contribution >= 0.6 is 0 Å². The number of nitrogens with zero attached hydrogens (tertiary/aromatic N) is 3. The molecule has 0 spiro atoms. The largest absolute Gasteiger partial charge is 0.464 e. The topological polar surface area (TPSA) is 148 Å². The maximum Gasteiger partial charge on any atom is 0.344 e. The molecular formula is C14H20N4O6. The second-order valence-electron chi connectivity index (χ2n) is 5.26. The Morgan fingerprint density at radius 3 is 2.21 bits per heavy atom. The first-order valence-corrected chi connectivity index (χ1v) is 7.52. The predicted molar refractivity (Wildman–Crippen MR) is 80.5 cm³/mol. The van der Waals surface area contributed by atoms with Gasteiger partial charge >= 0.3 is 11.9 Å². The Kier molecular flexibility index (Phi) is 6.72. The SMILES string of the molecule is CCOC(=O)C(NC(C)=O)(C(=O)OCC)C1CC(=O)CC1N=[N+]=[N-]. The van der Waals surface area contributed by atoms with Crippen LogP contribution in [0.4, 0.5) is 0 Å². The van der Waals surface area contributed by atoms with Gasteiger partial charge in [-0.3, -0.25) is 9.59 Å². The first-order valence-electron chi connectivity index (χ1n) is 7.52. The molecule has 1 aliphatic carbocycles. The third-order valence-electron chi connectivity index (χ3n) is 3.67. The zero-order valence-electron chi connectivity index (χ0n) is 13.8. The third kappa shape index (κ3) is 3.83. The molecule has 1 aliphatic rings. The minimum atomic E-state index is -2.23. The molecule has 0 saturated heterocycles. The molecule has 0 aromatic carbocycles. The molecule has 0 heterocycles. The standard InChI is InChI=1S/C14H20N4O6/c1-4-23-12(21)14(16-8(3)19,13(22)24-5-2)10-6-9(20)7-11(10)17-18-15/h10-11H,4-7H2,1-3H3,(H,16,19). The summed E-state index contributed by atoms with van der Waals surface area (Å²) in [5.74, 6) is -4.15. The summed E-state index contributed by atoms with van der Waals surface area (Å²) in [7, 11) is 0. The van der Waals surface area contributed by atoms with Crippen LogP contribution in [0.5, 0.6) is 0 Å². The summed E-state index contributed by atoms with van der Waals surface area (Å²) >= 11 is 0. The Labute approximate surface area is 138 Å². The summed E-state index contributed by atoms with van der Waals surface area (Å²) in [6.07, 6.45) is -0.351. The van der Waals surface area contributed by atoms with E-state index in [1.54, 1.807) is 0 Å². The van der Waals surface area contributed by atoms with Crippen molar-refractivity contribution in [2.24, 2.45) is 11.0 Å². The van der Waals surface area contributed by atoms with E-state index in [1.165, 1.54) is 13.8 Å². The van der Waals surface area contributed by atoms with E-state index in [0.717, 1.165) is 6.92 Å². The smallest absolute Gasteiger partial charge is 0.344 e. The van der Waals surface area contributed by atoms with E-state index in [1.807, 2.05) is 0 Å². The molecule has 2 atom stereocenters. The Balaban J connectivity index is 3.49. The zero-order chi connectivity index (χ0) is 18.3. The molecule has 1 fully saturated rings. The van der Waals surface area contributed by atoms with Crippen LogP contribution in [0.15, 0.2) is 5.11 Å². The van der Waals surface area contributed by atoms with Crippen molar-refractivity contribution in [2.45, 2.75) is 45.2 Å². The van der Waals surface area contributed by atoms with E-state index in [2.05, 4.69) is 15.3 Å². The van der Waals surface area contributed by atoms with Crippen molar-refractivity contribution >= 4 is 23.6 Å². The van der Waals surface area contributed by atoms with Crippen molar-refractivity contribution in [1.29, 1.82) is 0 Å². The molecule has 1 saturated carbocycles. The number of carbonyl (C=O) groups excluding carboxylic acids is 4. The molecule has 0 radical (unpaired) electrons. The molecule has 0 aromatic rings. The molecule has 10 nitrogen and oxygen atoms in total. The van der Waals surface area contributed by atoms with Crippen LogP contribution in [-0.2, 0) is 28.7 Å². The van der Waals surface area contributed by atoms with Gasteiger partial charge in [0.25, 0.3) is 0 Å². The molecule has 1 N–H and O–H groups in total. The number of esters is 2. The lowest BCUT2D eigenvalue weighted by Crippen LogP contribution is -2.66. The highest BCUT2D eigenvalue weighted by Gasteiger charge is 2.60. The van der Waals surface area contributed by atoms with Gasteiger partial charge in [-0.1, -0.05) is 5.11 Å². The van der Waals surface area contributed by atoms with E-state index in [0.29, 0.717) is 0 Å². The number of amides is 1. The van der Waals surface area contributed by atoms with Gasteiger partial charge in [-0.2, -0.15) is 0 Å². The normalized spacial score (nSPS) is 20.0. The molecule has 1 rings (SSSR count). The summed E-state index contributed by atoms with van der Waals surface area (Å²) in [5, 5.41) is 5.80. The maximum absolute atomic E-state index is 12.6. The minimum absolute atomic E-state index is 0.0492. The summed E-state index contributed by atoms with van der Waals surface area (Å²) in [6.45, 7) is 4.09. The second-order valence-corrected chi connectivity index (χ2v) is 5.26. The van der Waals surface area contributed by atoms with Crippen LogP contribution in [0, 0.1) is 5.92 Å². The quantitative estimate of drug-likeness (QED) is 0.236. The van der Waals surface area contributed by atoms with Crippen LogP contribution in [-0.4, -0.2) is 48.4 Å². The molecule has 10 heteroatoms. The van der Waals surface area contributed by atoms with Gasteiger partial charge in [-0.25, -0.2) is 9.59 Å². The number of rotatable bonds is 7. The van der Waals surface area contributed by atoms with E-state index in [4.69, 9.17) is 15.0 Å². The number of ether oxygens (including phenoxy) is 2. The number of ketones is 1. The number of azide groups is 1. The summed E-state index contributed by atoms with van der Waals surface area (Å²) in [4.78, 5) is 51.3. The second kappa shape index (κ2) is 8.30. The number of carbonyl (C=O) groups is 4. The summed E-state index contributed by atoms with van der Waals surface area (Å²) < 4.78 is 9.90. The van der Waals surface area contributed by atoms with Gasteiger partial charge in [0.15, 0.2) is 0 Å². The van der Waals surface area contributed by atoms with Gasteiger partial charge in [-0.15, -0.1) is 0 Å². The lowest BCUT2D eigenvalue weighted by molar-refractivity contribution is -0.172. The maximum atomic E-state index is 12.6. The van der Waals surface area contributed by atoms with Crippen molar-refractivity contribution in [2.75, 3.05) is 13.2 Å². The molecule has 1 amide bonds. The summed E-state index contributed by atoms with van der Waals surface area (Å²) in [5.41, 5.74) is 6.46. The van der Waals surface area contributed by atoms with Gasteiger partial charge in [0, 0.05) is 30.6 Å². The van der Waals surface area contributed by atoms with Crippen molar-refractivity contribution in [3.8, 4) is 0 Å². The highest BCUT2D eigenvalue weighted by atomic mass is 16.6. The first kappa shape index (κ1) is 19.4. The fourth-order valence-corrected chi connectivity index (χ4v) is 2.82. The van der Waals surface area contributed by atoms with Crippen molar-refractivity contribution in [1.82, 2.24) is 5.32 Å². The lowest BCUT2D eigenvalue weighted by atomic mass is 9.80. The van der Waals surface area contributed by atoms with Crippen LogP contribution in [0.2, 0.25) is 0 Å². The van der Waals surface area contributed by atoms with Crippen LogP contribution in [0.1, 0.15) is 33.6 Å². The Morgan fingerprint density at radius 1 is 1.25 bits per heavy atom. The average Bonchev–Trinajstić information content (AvgIpc) is 2.86. The fraction of sp³-hybridized carbons (Fsp3) is 0.714. The average molecular weight is 340 g/mol. The predicted octanol–water partition coefficient (Wildman–Crippen LogP) is 0.645. The third-order valence-corrected chi connectivity index (χ3v) is 3.67. The number of hydrogen-bond acceptors (Lipinski definition) is 7. The van der Waals surface area contributed by atoms with E-state index in [9.17, 15) is 19.2 Å². The van der Waals surface area contributed by atoms with Crippen LogP contribution in [0.25, 0.3) is 10.4 Å². The Hall–Kier alpha value is -2.61. The fourth-order valence-electron chi connectivity index (χ4n) is 2.82. The molecule has 0 bridgehead atoms. The number of hydrogen-bond donors (Lipinski definition) is 1. The Bertz CT molecular complexity index is 566. The van der Waals surface area contributed by atoms with Crippen molar-refractivity contribution in [3.63, 3.8) is 0 Å². The first-order chi connectivity index (χ1) is 11.3. The molecule has 132 valence electrons. The highest BCUT2D eigenvalue weighted by molar-refractivity contribution is 6.09. The highest BCUT2D eigenvalue weighted by Crippen LogP contribution is 2.37. The molecule has 0 aliphatic heterocycles. The van der Waals surface area contributed by atoms with Crippen LogP contribution in [0.3, 0.4) is 0 Å². The molecule has 0 aromatic heterocycles. The number of nitrogens with one attached hydrogen (secondary N) is 1. The van der Waals surface area contributed by atoms with Crippen molar-refractivity contribution < 1.29 is 28.7 Å². The minimum Gasteiger partial charge on any atom is -0.464 e. The van der Waals surface area contributed by atoms with E-state index < -0.39 is 35.3 Å². The molecule has 2 unspecified atom stereocenters. The summed E-state index contributed by atoms with van der Waals surface area (Å²) in [6, 6.07) is -0.969. The zero-order valence-corrected chi connectivity index (χ0v) is 13.8. The monoisotopic (exact) mass is 340 g/mol. The van der Waals surface area contributed by atoms with E-state index >= 15 is 0 Å².